The second kappa shape index (κ2) is 8.06. The van der Waals surface area contributed by atoms with E-state index in [2.05, 4.69) is 24.9 Å². The first-order chi connectivity index (χ1) is 13.9. The highest BCUT2D eigenvalue weighted by molar-refractivity contribution is 7.99. The molecule has 29 heavy (non-hydrogen) atoms. The summed E-state index contributed by atoms with van der Waals surface area (Å²) in [6.45, 7) is 7.50. The molecule has 2 aromatic heterocycles. The number of nitrogens with one attached hydrogen (secondary N) is 1. The van der Waals surface area contributed by atoms with E-state index in [0.29, 0.717) is 35.2 Å². The summed E-state index contributed by atoms with van der Waals surface area (Å²) in [5, 5.41) is 0.614. The van der Waals surface area contributed by atoms with E-state index in [9.17, 15) is 9.59 Å². The molecule has 0 bridgehead atoms. The van der Waals surface area contributed by atoms with Crippen LogP contribution in [-0.2, 0) is 17.8 Å². The van der Waals surface area contributed by atoms with Gasteiger partial charge in [-0.1, -0.05) is 43.8 Å². The summed E-state index contributed by atoms with van der Waals surface area (Å²) < 4.78 is 1.72. The molecule has 3 aromatic rings. The number of thioether (sulfide) groups is 1. The van der Waals surface area contributed by atoms with Crippen molar-refractivity contribution in [1.82, 2.24) is 14.5 Å². The fraction of sp³-hybridized carbons (Fsp3) is 0.409. The van der Waals surface area contributed by atoms with Crippen LogP contribution in [0.15, 0.2) is 40.3 Å². The Morgan fingerprint density at radius 3 is 2.90 bits per heavy atom. The second-order valence-electron chi connectivity index (χ2n) is 7.96. The largest absolute Gasteiger partial charge is 0.353 e. The number of benzene rings is 1. The monoisotopic (exact) mass is 410 g/mol. The first-order valence-corrected chi connectivity index (χ1v) is 11.0. The number of rotatable bonds is 6. The summed E-state index contributed by atoms with van der Waals surface area (Å²) in [6.07, 6.45) is 1.77. The smallest absolute Gasteiger partial charge is 0.278 e. The van der Waals surface area contributed by atoms with Crippen molar-refractivity contribution < 1.29 is 4.79 Å². The number of fused-ring (bicyclic) bond motifs is 2. The zero-order valence-electron chi connectivity index (χ0n) is 17.1. The van der Waals surface area contributed by atoms with Gasteiger partial charge in [0.2, 0.25) is 5.91 Å². The van der Waals surface area contributed by atoms with Gasteiger partial charge < -0.3 is 9.88 Å². The number of aromatic amines is 1. The normalized spacial score (nSPS) is 13.4. The zero-order valence-corrected chi connectivity index (χ0v) is 17.9. The highest BCUT2D eigenvalue weighted by Crippen LogP contribution is 2.29. The molecule has 152 valence electrons. The molecule has 7 heteroatoms. The maximum absolute atomic E-state index is 13.0. The molecule has 3 heterocycles. The first-order valence-electron chi connectivity index (χ1n) is 10.0. The number of aromatic nitrogens is 3. The maximum atomic E-state index is 13.0. The molecule has 6 nitrogen and oxygen atoms in total. The molecule has 4 rings (SSSR count). The van der Waals surface area contributed by atoms with E-state index in [1.54, 1.807) is 4.57 Å². The average Bonchev–Trinajstić information content (AvgIpc) is 3.28. The van der Waals surface area contributed by atoms with Crippen LogP contribution < -0.4 is 10.5 Å². The van der Waals surface area contributed by atoms with Crippen molar-refractivity contribution in [3.8, 4) is 0 Å². The van der Waals surface area contributed by atoms with E-state index in [-0.39, 0.29) is 17.2 Å². The minimum atomic E-state index is -0.0646. The van der Waals surface area contributed by atoms with E-state index in [0.717, 1.165) is 24.2 Å². The number of carbonyl (C=O) groups excluding carboxylic acids is 1. The van der Waals surface area contributed by atoms with Crippen molar-refractivity contribution in [3.05, 3.63) is 51.9 Å². The number of nitrogens with zero attached hydrogens (tertiary/aromatic N) is 3. The van der Waals surface area contributed by atoms with Crippen LogP contribution in [0, 0.1) is 12.8 Å². The molecular weight excluding hydrogens is 384 g/mol. The Morgan fingerprint density at radius 2 is 2.10 bits per heavy atom. The molecule has 0 atom stereocenters. The number of amides is 1. The standard InChI is InChI=1S/C22H26N4O2S/c1-14(2)8-10-26-21(28)20-17(12-15(3)23-20)24-22(26)29-13-19(27)25-11-9-16-6-4-5-7-18(16)25/h4-7,12,14,23H,8-11,13H2,1-3H3. The third kappa shape index (κ3) is 3.96. The molecule has 0 unspecified atom stereocenters. The molecule has 1 aromatic carbocycles. The molecule has 1 N–H and O–H groups in total. The molecule has 1 aliphatic heterocycles. The predicted molar refractivity (Wildman–Crippen MR) is 118 cm³/mol. The van der Waals surface area contributed by atoms with Crippen molar-refractivity contribution in [2.75, 3.05) is 17.2 Å². The number of hydrogen-bond acceptors (Lipinski definition) is 4. The van der Waals surface area contributed by atoms with Crippen molar-refractivity contribution in [3.63, 3.8) is 0 Å². The highest BCUT2D eigenvalue weighted by Gasteiger charge is 2.24. The minimum Gasteiger partial charge on any atom is -0.353 e. The van der Waals surface area contributed by atoms with Crippen molar-refractivity contribution in [1.29, 1.82) is 0 Å². The average molecular weight is 411 g/mol. The lowest BCUT2D eigenvalue weighted by atomic mass is 10.1. The van der Waals surface area contributed by atoms with E-state index in [1.807, 2.05) is 36.1 Å². The van der Waals surface area contributed by atoms with E-state index in [4.69, 9.17) is 4.98 Å². The number of carbonyl (C=O) groups is 1. The molecule has 0 aliphatic carbocycles. The van der Waals surface area contributed by atoms with Gasteiger partial charge in [0.25, 0.3) is 5.56 Å². The summed E-state index contributed by atoms with van der Waals surface area (Å²) >= 11 is 1.35. The van der Waals surface area contributed by atoms with Crippen LogP contribution in [0.1, 0.15) is 31.5 Å². The SMILES string of the molecule is Cc1cc2nc(SCC(=O)N3CCc4ccccc43)n(CCC(C)C)c(=O)c2[nH]1. The van der Waals surface area contributed by atoms with Crippen LogP contribution in [0.5, 0.6) is 0 Å². The van der Waals surface area contributed by atoms with Gasteiger partial charge in [0, 0.05) is 24.5 Å². The second-order valence-corrected chi connectivity index (χ2v) is 8.90. The molecule has 0 fully saturated rings. The molecule has 0 spiro atoms. The number of anilines is 1. The Morgan fingerprint density at radius 1 is 1.31 bits per heavy atom. The van der Waals surface area contributed by atoms with Crippen molar-refractivity contribution >= 4 is 34.4 Å². The number of H-pyrrole nitrogens is 1. The van der Waals surface area contributed by atoms with Crippen molar-refractivity contribution in [2.24, 2.45) is 5.92 Å². The zero-order chi connectivity index (χ0) is 20.5. The van der Waals surface area contributed by atoms with Gasteiger partial charge in [-0.15, -0.1) is 0 Å². The quantitative estimate of drug-likeness (QED) is 0.496. The molecule has 0 radical (unpaired) electrons. The van der Waals surface area contributed by atoms with Crippen LogP contribution in [0.25, 0.3) is 11.0 Å². The predicted octanol–water partition coefficient (Wildman–Crippen LogP) is 3.76. The maximum Gasteiger partial charge on any atom is 0.278 e. The van der Waals surface area contributed by atoms with Gasteiger partial charge in [0.1, 0.15) is 5.52 Å². The third-order valence-corrected chi connectivity index (χ3v) is 6.24. The Kier molecular flexibility index (Phi) is 5.50. The third-order valence-electron chi connectivity index (χ3n) is 5.28. The first kappa shape index (κ1) is 19.8. The number of aryl methyl sites for hydroxylation is 1. The molecule has 0 saturated carbocycles. The van der Waals surface area contributed by atoms with Gasteiger partial charge in [-0.25, -0.2) is 4.98 Å². The summed E-state index contributed by atoms with van der Waals surface area (Å²) in [7, 11) is 0. The summed E-state index contributed by atoms with van der Waals surface area (Å²) in [5.74, 6) is 0.788. The van der Waals surface area contributed by atoms with E-state index in [1.165, 1.54) is 17.3 Å². The summed E-state index contributed by atoms with van der Waals surface area (Å²) in [4.78, 5) is 35.6. The number of hydrogen-bond donors (Lipinski definition) is 1. The van der Waals surface area contributed by atoms with E-state index >= 15 is 0 Å². The van der Waals surface area contributed by atoms with Gasteiger partial charge in [-0.3, -0.25) is 14.2 Å². The van der Waals surface area contributed by atoms with E-state index < -0.39 is 0 Å². The fourth-order valence-electron chi connectivity index (χ4n) is 3.71. The van der Waals surface area contributed by atoms with Crippen molar-refractivity contribution in [2.45, 2.75) is 45.3 Å². The molecule has 0 saturated heterocycles. The molecular formula is C22H26N4O2S. The van der Waals surface area contributed by atoms with Gasteiger partial charge in [-0.2, -0.15) is 0 Å². The van der Waals surface area contributed by atoms with Gasteiger partial charge in [-0.05, 0) is 43.4 Å². The Balaban J connectivity index is 1.59. The topological polar surface area (TPSA) is 71.0 Å². The molecule has 1 amide bonds. The lowest BCUT2D eigenvalue weighted by Gasteiger charge is -2.18. The summed E-state index contributed by atoms with van der Waals surface area (Å²) in [6, 6.07) is 9.92. The Hall–Kier alpha value is -2.54. The molecule has 1 aliphatic rings. The summed E-state index contributed by atoms with van der Waals surface area (Å²) in [5.41, 5.74) is 4.25. The minimum absolute atomic E-state index is 0.0509. The van der Waals surface area contributed by atoms with Crippen LogP contribution in [0.3, 0.4) is 0 Å². The lowest BCUT2D eigenvalue weighted by Crippen LogP contribution is -2.31. The van der Waals surface area contributed by atoms with Crippen LogP contribution >= 0.6 is 11.8 Å². The Bertz CT molecular complexity index is 1120. The van der Waals surface area contributed by atoms with Crippen LogP contribution in [-0.4, -0.2) is 32.7 Å². The fourth-order valence-corrected chi connectivity index (χ4v) is 4.61. The van der Waals surface area contributed by atoms with Gasteiger partial charge >= 0.3 is 0 Å². The lowest BCUT2D eigenvalue weighted by molar-refractivity contribution is -0.116. The van der Waals surface area contributed by atoms with Gasteiger partial charge in [0.15, 0.2) is 5.16 Å². The highest BCUT2D eigenvalue weighted by atomic mass is 32.2. The Labute approximate surface area is 174 Å². The van der Waals surface area contributed by atoms with Gasteiger partial charge in [0.05, 0.1) is 11.3 Å². The van der Waals surface area contributed by atoms with Crippen LogP contribution in [0.4, 0.5) is 5.69 Å². The number of para-hydroxylation sites is 1. The van der Waals surface area contributed by atoms with Crippen LogP contribution in [0.2, 0.25) is 0 Å².